The third kappa shape index (κ3) is 7.90. The predicted octanol–water partition coefficient (Wildman–Crippen LogP) is 2.79. The molecule has 0 fully saturated rings. The van der Waals surface area contributed by atoms with Gasteiger partial charge in [0.15, 0.2) is 0 Å². The highest BCUT2D eigenvalue weighted by molar-refractivity contribution is 6.29. The van der Waals surface area contributed by atoms with Crippen LogP contribution in [0.5, 0.6) is 0 Å². The average Bonchev–Trinajstić information content (AvgIpc) is 2.84. The predicted molar refractivity (Wildman–Crippen MR) is 128 cm³/mol. The van der Waals surface area contributed by atoms with E-state index in [0.29, 0.717) is 10.7 Å². The second kappa shape index (κ2) is 12.4. The van der Waals surface area contributed by atoms with E-state index in [1.165, 1.54) is 6.20 Å². The van der Waals surface area contributed by atoms with Gasteiger partial charge in [-0.05, 0) is 22.8 Å². The fraction of sp³-hybridized carbons (Fsp3) is 0.200. The topological polar surface area (TPSA) is 123 Å². The van der Waals surface area contributed by atoms with Gasteiger partial charge in [0.05, 0.1) is 0 Å². The minimum atomic E-state index is -1.00. The summed E-state index contributed by atoms with van der Waals surface area (Å²) in [5, 5.41) is 5.54. The number of benzene rings is 2. The number of rotatable bonds is 10. The Labute approximate surface area is 202 Å². The zero-order valence-electron chi connectivity index (χ0n) is 18.3. The molecule has 1 heterocycles. The number of aromatic nitrogens is 1. The minimum Gasteiger partial charge on any atom is -0.445 e. The summed E-state index contributed by atoms with van der Waals surface area (Å²) in [6.07, 6.45) is 1.07. The van der Waals surface area contributed by atoms with Crippen LogP contribution in [0.3, 0.4) is 0 Å². The second-order valence-corrected chi connectivity index (χ2v) is 7.99. The molecule has 34 heavy (non-hydrogen) atoms. The molecule has 1 aromatic heterocycles. The van der Waals surface area contributed by atoms with E-state index >= 15 is 0 Å². The first-order valence-electron chi connectivity index (χ1n) is 10.6. The van der Waals surface area contributed by atoms with Crippen molar-refractivity contribution in [3.63, 3.8) is 0 Å². The van der Waals surface area contributed by atoms with Crippen molar-refractivity contribution in [2.24, 2.45) is 5.73 Å². The van der Waals surface area contributed by atoms with Gasteiger partial charge in [-0.2, -0.15) is 0 Å². The number of nitrogens with one attached hydrogen (secondary N) is 2. The second-order valence-electron chi connectivity index (χ2n) is 7.61. The monoisotopic (exact) mass is 480 g/mol. The number of primary amides is 1. The van der Waals surface area contributed by atoms with Crippen LogP contribution < -0.4 is 16.4 Å². The van der Waals surface area contributed by atoms with Crippen LogP contribution in [0.4, 0.5) is 4.79 Å². The van der Waals surface area contributed by atoms with Crippen LogP contribution in [-0.2, 0) is 33.8 Å². The van der Waals surface area contributed by atoms with E-state index in [0.717, 1.165) is 11.1 Å². The number of carbonyl (C=O) groups excluding carboxylic acids is 3. The number of pyridine rings is 1. The molecule has 0 spiro atoms. The maximum Gasteiger partial charge on any atom is 0.408 e. The molecule has 0 aliphatic rings. The van der Waals surface area contributed by atoms with Crippen molar-refractivity contribution in [3.05, 3.63) is 101 Å². The van der Waals surface area contributed by atoms with Gasteiger partial charge in [-0.15, -0.1) is 0 Å². The number of nitrogens with zero attached hydrogens (tertiary/aromatic N) is 1. The van der Waals surface area contributed by atoms with Crippen molar-refractivity contribution < 1.29 is 19.1 Å². The van der Waals surface area contributed by atoms with E-state index in [4.69, 9.17) is 22.1 Å². The summed E-state index contributed by atoms with van der Waals surface area (Å²) < 4.78 is 5.26. The molecular formula is C25H25ClN4O4. The Balaban J connectivity index is 1.68. The molecular weight excluding hydrogens is 456 g/mol. The van der Waals surface area contributed by atoms with Gasteiger partial charge in [0.1, 0.15) is 23.8 Å². The summed E-state index contributed by atoms with van der Waals surface area (Å²) >= 11 is 5.80. The molecule has 2 atom stereocenters. The highest BCUT2D eigenvalue weighted by Gasteiger charge is 2.26. The summed E-state index contributed by atoms with van der Waals surface area (Å²) in [7, 11) is 0. The standard InChI is InChI=1S/C25H25ClN4O4/c26-22-12-11-19(15-28-22)14-20(23(27)31)29-24(32)21(13-17-7-3-1-4-8-17)30-25(33)34-16-18-9-5-2-6-10-18/h1-12,15,20-21H,13-14,16H2,(H2,27,31)(H,29,32)(H,30,33)/t20-,21-/m0/s1. The quantitative estimate of drug-likeness (QED) is 0.385. The summed E-state index contributed by atoms with van der Waals surface area (Å²) in [5.41, 5.74) is 7.82. The van der Waals surface area contributed by atoms with Gasteiger partial charge in [0, 0.05) is 19.0 Å². The zero-order valence-corrected chi connectivity index (χ0v) is 19.1. The fourth-order valence-corrected chi connectivity index (χ4v) is 3.34. The molecule has 0 aliphatic carbocycles. The molecule has 4 N–H and O–H groups in total. The Morgan fingerprint density at radius 3 is 2.03 bits per heavy atom. The lowest BCUT2D eigenvalue weighted by Crippen LogP contribution is -2.54. The van der Waals surface area contributed by atoms with Crippen molar-refractivity contribution in [3.8, 4) is 0 Å². The van der Waals surface area contributed by atoms with Crippen LogP contribution in [-0.4, -0.2) is 35.0 Å². The van der Waals surface area contributed by atoms with Crippen molar-refractivity contribution >= 4 is 29.5 Å². The lowest BCUT2D eigenvalue weighted by atomic mass is 10.0. The largest absolute Gasteiger partial charge is 0.445 e. The van der Waals surface area contributed by atoms with Crippen LogP contribution in [0.1, 0.15) is 16.7 Å². The number of halogens is 1. The molecule has 0 saturated heterocycles. The summed E-state index contributed by atoms with van der Waals surface area (Å²) in [5.74, 6) is -1.28. The molecule has 9 heteroatoms. The third-order valence-electron chi connectivity index (χ3n) is 4.99. The average molecular weight is 481 g/mol. The summed E-state index contributed by atoms with van der Waals surface area (Å²) in [6.45, 7) is 0.0554. The molecule has 0 aliphatic heterocycles. The molecule has 0 saturated carbocycles. The van der Waals surface area contributed by atoms with Gasteiger partial charge < -0.3 is 21.1 Å². The number of ether oxygens (including phenoxy) is 1. The van der Waals surface area contributed by atoms with E-state index in [-0.39, 0.29) is 19.4 Å². The highest BCUT2D eigenvalue weighted by Crippen LogP contribution is 2.09. The van der Waals surface area contributed by atoms with E-state index in [2.05, 4.69) is 15.6 Å². The first kappa shape index (κ1) is 24.7. The van der Waals surface area contributed by atoms with E-state index in [1.54, 1.807) is 12.1 Å². The molecule has 3 amide bonds. The number of alkyl carbamates (subject to hydrolysis) is 1. The minimum absolute atomic E-state index is 0.0554. The Morgan fingerprint density at radius 2 is 1.44 bits per heavy atom. The molecule has 176 valence electrons. The van der Waals surface area contributed by atoms with Crippen molar-refractivity contribution in [1.29, 1.82) is 0 Å². The molecule has 3 aromatic rings. The van der Waals surface area contributed by atoms with Crippen LogP contribution >= 0.6 is 11.6 Å². The third-order valence-corrected chi connectivity index (χ3v) is 5.22. The Kier molecular flexibility index (Phi) is 8.99. The number of hydrogen-bond acceptors (Lipinski definition) is 5. The Morgan fingerprint density at radius 1 is 0.824 bits per heavy atom. The van der Waals surface area contributed by atoms with Crippen molar-refractivity contribution in [1.82, 2.24) is 15.6 Å². The van der Waals surface area contributed by atoms with Gasteiger partial charge >= 0.3 is 6.09 Å². The van der Waals surface area contributed by atoms with E-state index in [1.807, 2.05) is 60.7 Å². The maximum atomic E-state index is 13.1. The van der Waals surface area contributed by atoms with Crippen LogP contribution in [0, 0.1) is 0 Å². The van der Waals surface area contributed by atoms with Crippen LogP contribution in [0.25, 0.3) is 0 Å². The summed E-state index contributed by atoms with van der Waals surface area (Å²) in [6, 6.07) is 19.6. The van der Waals surface area contributed by atoms with E-state index < -0.39 is 30.0 Å². The van der Waals surface area contributed by atoms with Gasteiger partial charge in [-0.3, -0.25) is 9.59 Å². The van der Waals surface area contributed by atoms with Crippen molar-refractivity contribution in [2.75, 3.05) is 0 Å². The van der Waals surface area contributed by atoms with Crippen LogP contribution in [0.2, 0.25) is 5.15 Å². The van der Waals surface area contributed by atoms with Gasteiger partial charge in [-0.1, -0.05) is 78.3 Å². The SMILES string of the molecule is NC(=O)[C@H](Cc1ccc(Cl)nc1)NC(=O)[C@H](Cc1ccccc1)NC(=O)OCc1ccccc1. The number of hydrogen-bond donors (Lipinski definition) is 3. The zero-order chi connectivity index (χ0) is 24.3. The van der Waals surface area contributed by atoms with Crippen molar-refractivity contribution in [2.45, 2.75) is 31.5 Å². The number of carbonyl (C=O) groups is 3. The highest BCUT2D eigenvalue weighted by atomic mass is 35.5. The normalized spacial score (nSPS) is 12.3. The number of amides is 3. The Bertz CT molecular complexity index is 1090. The maximum absolute atomic E-state index is 13.1. The molecule has 0 unspecified atom stereocenters. The molecule has 2 aromatic carbocycles. The summed E-state index contributed by atoms with van der Waals surface area (Å²) in [4.78, 5) is 41.5. The smallest absolute Gasteiger partial charge is 0.408 e. The molecule has 0 bridgehead atoms. The van der Waals surface area contributed by atoms with E-state index in [9.17, 15) is 14.4 Å². The number of nitrogens with two attached hydrogens (primary N) is 1. The first-order chi connectivity index (χ1) is 16.4. The lowest BCUT2D eigenvalue weighted by molar-refractivity contribution is -0.128. The first-order valence-corrected chi connectivity index (χ1v) is 11.0. The van der Waals surface area contributed by atoms with Gasteiger partial charge in [0.25, 0.3) is 0 Å². The lowest BCUT2D eigenvalue weighted by Gasteiger charge is -2.22. The molecule has 8 nitrogen and oxygen atoms in total. The molecule has 3 rings (SSSR count). The van der Waals surface area contributed by atoms with Gasteiger partial charge in [-0.25, -0.2) is 9.78 Å². The van der Waals surface area contributed by atoms with Gasteiger partial charge in [0.2, 0.25) is 11.8 Å². The fourth-order valence-electron chi connectivity index (χ4n) is 3.22. The molecule has 0 radical (unpaired) electrons. The Hall–Kier alpha value is -3.91. The van der Waals surface area contributed by atoms with Crippen LogP contribution in [0.15, 0.2) is 79.0 Å².